The quantitative estimate of drug-likeness (QED) is 0.554. The number of carbonyl (C=O) groups excluding carboxylic acids is 1. The summed E-state index contributed by atoms with van der Waals surface area (Å²) < 4.78 is 1.68. The molecule has 0 radical (unpaired) electrons. The van der Waals surface area contributed by atoms with Gasteiger partial charge in [-0.2, -0.15) is 0 Å². The third-order valence-electron chi connectivity index (χ3n) is 3.14. The van der Waals surface area contributed by atoms with Crippen molar-refractivity contribution in [2.24, 2.45) is 5.73 Å². The number of benzene rings is 1. The second-order valence-corrected chi connectivity index (χ2v) is 5.82. The van der Waals surface area contributed by atoms with Gasteiger partial charge >= 0.3 is 0 Å². The molecule has 0 fully saturated rings. The minimum atomic E-state index is -0.416. The van der Waals surface area contributed by atoms with Gasteiger partial charge in [0, 0.05) is 30.5 Å². The molecule has 3 rings (SSSR count). The van der Waals surface area contributed by atoms with Gasteiger partial charge in [-0.3, -0.25) is 4.79 Å². The molecule has 0 aliphatic heterocycles. The smallest absolute Gasteiger partial charge is 0.237 e. The standard InChI is InChI=1S/C16H15N5OS/c17-14(22)10-21-7-6-18-15(21)13-8-19-16(20-9-13)23-11-12-4-2-1-3-5-12/h1-9H,10-11H2,(H2,17,22). The van der Waals surface area contributed by atoms with Crippen LogP contribution in [-0.2, 0) is 17.1 Å². The molecule has 6 nitrogen and oxygen atoms in total. The molecule has 23 heavy (non-hydrogen) atoms. The summed E-state index contributed by atoms with van der Waals surface area (Å²) in [6.45, 7) is 0.0832. The van der Waals surface area contributed by atoms with Crippen molar-refractivity contribution in [3.05, 3.63) is 60.7 Å². The van der Waals surface area contributed by atoms with Crippen molar-refractivity contribution in [2.45, 2.75) is 17.5 Å². The molecule has 1 amide bonds. The number of primary amides is 1. The molecule has 0 bridgehead atoms. The number of hydrogen-bond donors (Lipinski definition) is 1. The average Bonchev–Trinajstić information content (AvgIpc) is 3.02. The summed E-state index contributed by atoms with van der Waals surface area (Å²) >= 11 is 1.57. The fraction of sp³-hybridized carbons (Fsp3) is 0.125. The van der Waals surface area contributed by atoms with Crippen LogP contribution in [0.5, 0.6) is 0 Å². The normalized spacial score (nSPS) is 10.6. The summed E-state index contributed by atoms with van der Waals surface area (Å²) in [6, 6.07) is 10.2. The summed E-state index contributed by atoms with van der Waals surface area (Å²) in [6.07, 6.45) is 6.74. The Morgan fingerprint density at radius 3 is 2.57 bits per heavy atom. The zero-order valence-corrected chi connectivity index (χ0v) is 13.1. The monoisotopic (exact) mass is 325 g/mol. The lowest BCUT2D eigenvalue weighted by Crippen LogP contribution is -2.18. The highest BCUT2D eigenvalue weighted by Crippen LogP contribution is 2.21. The van der Waals surface area contributed by atoms with Crippen molar-refractivity contribution in [1.29, 1.82) is 0 Å². The largest absolute Gasteiger partial charge is 0.368 e. The second-order valence-electron chi connectivity index (χ2n) is 4.87. The second kappa shape index (κ2) is 7.06. The summed E-state index contributed by atoms with van der Waals surface area (Å²) in [5, 5.41) is 0.700. The van der Waals surface area contributed by atoms with Crippen LogP contribution < -0.4 is 5.73 Å². The molecule has 116 valence electrons. The lowest BCUT2D eigenvalue weighted by Gasteiger charge is -2.05. The van der Waals surface area contributed by atoms with E-state index in [0.717, 1.165) is 11.3 Å². The molecule has 0 aliphatic rings. The number of rotatable bonds is 6. The van der Waals surface area contributed by atoms with Gasteiger partial charge in [-0.05, 0) is 5.56 Å². The van der Waals surface area contributed by atoms with Crippen molar-refractivity contribution in [2.75, 3.05) is 0 Å². The third kappa shape index (κ3) is 3.95. The highest BCUT2D eigenvalue weighted by molar-refractivity contribution is 7.98. The van der Waals surface area contributed by atoms with Gasteiger partial charge in [0.05, 0.1) is 5.56 Å². The topological polar surface area (TPSA) is 86.7 Å². The highest BCUT2D eigenvalue weighted by atomic mass is 32.2. The molecule has 0 saturated heterocycles. The van der Waals surface area contributed by atoms with Gasteiger partial charge in [-0.25, -0.2) is 15.0 Å². The number of carbonyl (C=O) groups is 1. The summed E-state index contributed by atoms with van der Waals surface area (Å²) in [5.74, 6) is 1.03. The Labute approximate surface area is 137 Å². The zero-order valence-electron chi connectivity index (χ0n) is 12.3. The summed E-state index contributed by atoms with van der Waals surface area (Å²) in [5.41, 5.74) is 7.20. The number of aromatic nitrogens is 4. The molecule has 2 heterocycles. The van der Waals surface area contributed by atoms with Crippen LogP contribution in [0.15, 0.2) is 60.3 Å². The van der Waals surface area contributed by atoms with E-state index in [1.165, 1.54) is 5.56 Å². The first-order valence-electron chi connectivity index (χ1n) is 7.01. The minimum Gasteiger partial charge on any atom is -0.368 e. The molecule has 0 aliphatic carbocycles. The minimum absolute atomic E-state index is 0.0832. The average molecular weight is 325 g/mol. The molecule has 0 saturated carbocycles. The third-order valence-corrected chi connectivity index (χ3v) is 4.09. The number of amides is 1. The van der Waals surface area contributed by atoms with Crippen LogP contribution in [-0.4, -0.2) is 25.4 Å². The van der Waals surface area contributed by atoms with Crippen molar-refractivity contribution in [1.82, 2.24) is 19.5 Å². The van der Waals surface area contributed by atoms with Crippen LogP contribution >= 0.6 is 11.8 Å². The van der Waals surface area contributed by atoms with Gasteiger partial charge in [-0.1, -0.05) is 42.1 Å². The molecule has 7 heteroatoms. The number of hydrogen-bond acceptors (Lipinski definition) is 5. The van der Waals surface area contributed by atoms with Crippen molar-refractivity contribution in [3.8, 4) is 11.4 Å². The van der Waals surface area contributed by atoms with E-state index in [9.17, 15) is 4.79 Å². The number of nitrogens with zero attached hydrogens (tertiary/aromatic N) is 4. The van der Waals surface area contributed by atoms with Crippen molar-refractivity contribution in [3.63, 3.8) is 0 Å². The molecule has 0 spiro atoms. The van der Waals surface area contributed by atoms with Gasteiger partial charge < -0.3 is 10.3 Å². The summed E-state index contributed by atoms with van der Waals surface area (Å²) in [7, 11) is 0. The first-order valence-corrected chi connectivity index (χ1v) is 7.99. The van der Waals surface area contributed by atoms with E-state index < -0.39 is 5.91 Å². The van der Waals surface area contributed by atoms with E-state index >= 15 is 0 Å². The molecular weight excluding hydrogens is 310 g/mol. The first kappa shape index (κ1) is 15.2. The Bertz CT molecular complexity index is 786. The van der Waals surface area contributed by atoms with E-state index in [1.54, 1.807) is 41.1 Å². The number of nitrogens with two attached hydrogens (primary N) is 1. The number of thioether (sulfide) groups is 1. The van der Waals surface area contributed by atoms with Crippen LogP contribution in [0.2, 0.25) is 0 Å². The molecular formula is C16H15N5OS. The van der Waals surface area contributed by atoms with E-state index in [1.807, 2.05) is 18.2 Å². The fourth-order valence-corrected chi connectivity index (χ4v) is 2.84. The van der Waals surface area contributed by atoms with Gasteiger partial charge in [-0.15, -0.1) is 0 Å². The highest BCUT2D eigenvalue weighted by Gasteiger charge is 2.09. The van der Waals surface area contributed by atoms with E-state index in [-0.39, 0.29) is 6.54 Å². The lowest BCUT2D eigenvalue weighted by molar-refractivity contribution is -0.118. The van der Waals surface area contributed by atoms with Crippen molar-refractivity contribution >= 4 is 17.7 Å². The van der Waals surface area contributed by atoms with Gasteiger partial charge in [0.2, 0.25) is 5.91 Å². The Hall–Kier alpha value is -2.67. The van der Waals surface area contributed by atoms with Gasteiger partial charge in [0.1, 0.15) is 12.4 Å². The van der Waals surface area contributed by atoms with Gasteiger partial charge in [0.25, 0.3) is 0 Å². The summed E-state index contributed by atoms with van der Waals surface area (Å²) in [4.78, 5) is 24.0. The molecule has 0 atom stereocenters. The van der Waals surface area contributed by atoms with E-state index in [0.29, 0.717) is 11.0 Å². The maximum Gasteiger partial charge on any atom is 0.237 e. The molecule has 2 aromatic heterocycles. The molecule has 0 unspecified atom stereocenters. The Morgan fingerprint density at radius 1 is 1.13 bits per heavy atom. The fourth-order valence-electron chi connectivity index (χ4n) is 2.09. The van der Waals surface area contributed by atoms with Crippen LogP contribution in [0.25, 0.3) is 11.4 Å². The Balaban J connectivity index is 1.70. The van der Waals surface area contributed by atoms with Crippen LogP contribution in [0.1, 0.15) is 5.56 Å². The molecule has 3 aromatic rings. The van der Waals surface area contributed by atoms with E-state index in [4.69, 9.17) is 5.73 Å². The molecule has 2 N–H and O–H groups in total. The Morgan fingerprint density at radius 2 is 1.87 bits per heavy atom. The van der Waals surface area contributed by atoms with Crippen molar-refractivity contribution < 1.29 is 4.79 Å². The predicted molar refractivity (Wildman–Crippen MR) is 88.5 cm³/mol. The zero-order chi connectivity index (χ0) is 16.1. The first-order chi connectivity index (χ1) is 11.2. The SMILES string of the molecule is NC(=O)Cn1ccnc1-c1cnc(SCc2ccccc2)nc1. The maximum absolute atomic E-state index is 11.1. The molecule has 1 aromatic carbocycles. The number of imidazole rings is 1. The predicted octanol–water partition coefficient (Wildman–Crippen LogP) is 2.12. The van der Waals surface area contributed by atoms with Crippen LogP contribution in [0, 0.1) is 0 Å². The van der Waals surface area contributed by atoms with Crippen LogP contribution in [0.4, 0.5) is 0 Å². The van der Waals surface area contributed by atoms with Crippen LogP contribution in [0.3, 0.4) is 0 Å². The maximum atomic E-state index is 11.1. The van der Waals surface area contributed by atoms with E-state index in [2.05, 4.69) is 27.1 Å². The lowest BCUT2D eigenvalue weighted by atomic mass is 10.2. The van der Waals surface area contributed by atoms with Gasteiger partial charge in [0.15, 0.2) is 5.16 Å². The Kier molecular flexibility index (Phi) is 4.68.